The van der Waals surface area contributed by atoms with Crippen molar-refractivity contribution in [2.24, 2.45) is 5.41 Å². The molecule has 0 aliphatic carbocycles. The quantitative estimate of drug-likeness (QED) is 0.688. The Labute approximate surface area is 191 Å². The number of morpholine rings is 1. The van der Waals surface area contributed by atoms with E-state index in [2.05, 4.69) is 49.9 Å². The van der Waals surface area contributed by atoms with Gasteiger partial charge in [-0.05, 0) is 28.7 Å². The molecule has 172 valence electrons. The maximum atomic E-state index is 13.6. The second-order valence-electron chi connectivity index (χ2n) is 9.81. The molecule has 2 aromatic rings. The minimum absolute atomic E-state index is 0.0259. The van der Waals surface area contributed by atoms with Crippen LogP contribution in [0.15, 0.2) is 48.5 Å². The Balaban J connectivity index is 1.46. The van der Waals surface area contributed by atoms with Gasteiger partial charge in [0, 0.05) is 32.7 Å². The molecule has 0 spiro atoms. The van der Waals surface area contributed by atoms with Crippen LogP contribution in [0, 0.1) is 5.41 Å². The molecular weight excluding hydrogens is 404 g/mol. The van der Waals surface area contributed by atoms with Crippen molar-refractivity contribution in [1.82, 2.24) is 9.80 Å². The van der Waals surface area contributed by atoms with Gasteiger partial charge in [-0.1, -0.05) is 57.2 Å². The van der Waals surface area contributed by atoms with Crippen molar-refractivity contribution >= 4 is 5.91 Å². The summed E-state index contributed by atoms with van der Waals surface area (Å²) in [4.78, 5) is 17.8. The monoisotopic (exact) mass is 438 g/mol. The lowest BCUT2D eigenvalue weighted by atomic mass is 9.95. The number of benzene rings is 2. The molecule has 1 saturated heterocycles. The van der Waals surface area contributed by atoms with Crippen molar-refractivity contribution in [2.45, 2.75) is 40.0 Å². The van der Waals surface area contributed by atoms with Crippen molar-refractivity contribution < 1.29 is 19.0 Å². The van der Waals surface area contributed by atoms with Gasteiger partial charge in [0.2, 0.25) is 0 Å². The predicted molar refractivity (Wildman–Crippen MR) is 124 cm³/mol. The molecule has 1 unspecified atom stereocenters. The van der Waals surface area contributed by atoms with Crippen molar-refractivity contribution in [3.05, 3.63) is 59.7 Å². The lowest BCUT2D eigenvalue weighted by Gasteiger charge is -2.37. The van der Waals surface area contributed by atoms with E-state index in [1.807, 2.05) is 29.2 Å². The van der Waals surface area contributed by atoms with Crippen LogP contribution in [0.1, 0.15) is 31.9 Å². The van der Waals surface area contributed by atoms with Gasteiger partial charge >= 0.3 is 0 Å². The van der Waals surface area contributed by atoms with Crippen LogP contribution in [0.3, 0.4) is 0 Å². The third-order valence-electron chi connectivity index (χ3n) is 5.63. The van der Waals surface area contributed by atoms with E-state index in [4.69, 9.17) is 14.2 Å². The molecule has 2 aromatic carbocycles. The Morgan fingerprint density at radius 1 is 1.00 bits per heavy atom. The number of nitrogens with zero attached hydrogens (tertiary/aromatic N) is 2. The third-order valence-corrected chi connectivity index (χ3v) is 5.63. The Morgan fingerprint density at radius 2 is 1.75 bits per heavy atom. The second kappa shape index (κ2) is 9.92. The van der Waals surface area contributed by atoms with Crippen LogP contribution in [-0.4, -0.2) is 61.3 Å². The summed E-state index contributed by atoms with van der Waals surface area (Å²) >= 11 is 0. The highest BCUT2D eigenvalue weighted by molar-refractivity contribution is 5.81. The summed E-state index contributed by atoms with van der Waals surface area (Å²) in [6, 6.07) is 16.3. The molecule has 0 bridgehead atoms. The van der Waals surface area contributed by atoms with E-state index in [-0.39, 0.29) is 11.3 Å². The topological polar surface area (TPSA) is 51.2 Å². The summed E-state index contributed by atoms with van der Waals surface area (Å²) in [5, 5.41) is 0. The molecule has 2 aliphatic rings. The van der Waals surface area contributed by atoms with Gasteiger partial charge < -0.3 is 19.1 Å². The molecule has 0 saturated carbocycles. The zero-order valence-corrected chi connectivity index (χ0v) is 19.4. The highest BCUT2D eigenvalue weighted by atomic mass is 16.6. The van der Waals surface area contributed by atoms with Crippen molar-refractivity contribution in [1.29, 1.82) is 0 Å². The van der Waals surface area contributed by atoms with E-state index in [0.29, 0.717) is 39.5 Å². The smallest absolute Gasteiger partial charge is 0.253 e. The van der Waals surface area contributed by atoms with E-state index >= 15 is 0 Å². The molecule has 0 radical (unpaired) electrons. The molecule has 6 nitrogen and oxygen atoms in total. The van der Waals surface area contributed by atoms with E-state index in [0.717, 1.165) is 30.2 Å². The number of amides is 1. The van der Waals surface area contributed by atoms with Gasteiger partial charge in [-0.25, -0.2) is 0 Å². The fraction of sp³-hybridized carbons (Fsp3) is 0.500. The van der Waals surface area contributed by atoms with Gasteiger partial charge in [0.25, 0.3) is 5.91 Å². The zero-order valence-electron chi connectivity index (χ0n) is 19.4. The summed E-state index contributed by atoms with van der Waals surface area (Å²) in [5.74, 6) is 1.56. The van der Waals surface area contributed by atoms with E-state index < -0.39 is 6.10 Å². The maximum Gasteiger partial charge on any atom is 0.253 e. The highest BCUT2D eigenvalue weighted by Crippen LogP contribution is 2.31. The number of carbonyl (C=O) groups is 1. The molecule has 6 heteroatoms. The van der Waals surface area contributed by atoms with Crippen LogP contribution < -0.4 is 9.47 Å². The maximum absolute atomic E-state index is 13.6. The van der Waals surface area contributed by atoms with Crippen molar-refractivity contribution in [3.8, 4) is 11.5 Å². The molecule has 2 aliphatic heterocycles. The van der Waals surface area contributed by atoms with E-state index in [1.54, 1.807) is 0 Å². The summed E-state index contributed by atoms with van der Waals surface area (Å²) < 4.78 is 17.3. The predicted octanol–water partition coefficient (Wildman–Crippen LogP) is 3.73. The lowest BCUT2D eigenvalue weighted by Crippen LogP contribution is -2.51. The van der Waals surface area contributed by atoms with Gasteiger partial charge in [0.1, 0.15) is 19.3 Å². The molecule has 1 amide bonds. The van der Waals surface area contributed by atoms with Crippen LogP contribution in [0.2, 0.25) is 0 Å². The van der Waals surface area contributed by atoms with Crippen LogP contribution in [0.5, 0.6) is 11.5 Å². The minimum Gasteiger partial charge on any atom is -0.486 e. The molecule has 0 N–H and O–H groups in total. The van der Waals surface area contributed by atoms with Gasteiger partial charge in [0.15, 0.2) is 11.5 Å². The van der Waals surface area contributed by atoms with Gasteiger partial charge in [0.05, 0.1) is 6.61 Å². The normalized spacial score (nSPS) is 18.9. The Hall–Kier alpha value is -2.57. The minimum atomic E-state index is -0.452. The fourth-order valence-corrected chi connectivity index (χ4v) is 4.23. The van der Waals surface area contributed by atoms with E-state index in [9.17, 15) is 4.79 Å². The van der Waals surface area contributed by atoms with E-state index in [1.165, 1.54) is 5.56 Å². The zero-order chi connectivity index (χ0) is 22.6. The third kappa shape index (κ3) is 6.02. The summed E-state index contributed by atoms with van der Waals surface area (Å²) in [6.45, 7) is 11.6. The number of carbonyl (C=O) groups excluding carboxylic acids is 1. The first-order valence-corrected chi connectivity index (χ1v) is 11.4. The first-order valence-electron chi connectivity index (χ1n) is 11.4. The fourth-order valence-electron chi connectivity index (χ4n) is 4.23. The second-order valence-corrected chi connectivity index (χ2v) is 9.81. The molecule has 4 rings (SSSR count). The molecule has 2 heterocycles. The van der Waals surface area contributed by atoms with Crippen LogP contribution >= 0.6 is 0 Å². The molecule has 1 atom stereocenters. The highest BCUT2D eigenvalue weighted by Gasteiger charge is 2.32. The van der Waals surface area contributed by atoms with Gasteiger partial charge in [-0.3, -0.25) is 9.69 Å². The Morgan fingerprint density at radius 3 is 2.50 bits per heavy atom. The summed E-state index contributed by atoms with van der Waals surface area (Å²) in [7, 11) is 0. The van der Waals surface area contributed by atoms with Crippen molar-refractivity contribution in [2.75, 3.05) is 39.5 Å². The number of fused-ring (bicyclic) bond motifs is 1. The average molecular weight is 439 g/mol. The van der Waals surface area contributed by atoms with Crippen LogP contribution in [-0.2, 0) is 22.6 Å². The summed E-state index contributed by atoms with van der Waals surface area (Å²) in [5.41, 5.74) is 2.26. The Kier molecular flexibility index (Phi) is 7.01. The SMILES string of the molecule is CC(C)(C)CN(Cc1ccc2c(c1)OCCO2)C(=O)C1CN(Cc2ccccc2)CCO1. The molecular formula is C26H34N2O4. The van der Waals surface area contributed by atoms with Crippen LogP contribution in [0.25, 0.3) is 0 Å². The number of hydrogen-bond acceptors (Lipinski definition) is 5. The molecule has 32 heavy (non-hydrogen) atoms. The number of rotatable bonds is 6. The molecule has 1 fully saturated rings. The molecule has 0 aromatic heterocycles. The van der Waals surface area contributed by atoms with Crippen molar-refractivity contribution in [3.63, 3.8) is 0 Å². The van der Waals surface area contributed by atoms with Crippen LogP contribution in [0.4, 0.5) is 0 Å². The summed E-state index contributed by atoms with van der Waals surface area (Å²) in [6.07, 6.45) is -0.452. The van der Waals surface area contributed by atoms with Gasteiger partial charge in [-0.2, -0.15) is 0 Å². The Bertz CT molecular complexity index is 910. The number of ether oxygens (including phenoxy) is 3. The number of hydrogen-bond donors (Lipinski definition) is 0. The first-order chi connectivity index (χ1) is 15.4. The average Bonchev–Trinajstić information content (AvgIpc) is 2.78. The standard InChI is InChI=1S/C26H34N2O4/c1-26(2,3)19-28(17-21-9-10-22-23(15-21)32-14-13-31-22)25(29)24-18-27(11-12-30-24)16-20-7-5-4-6-8-20/h4-10,15,24H,11-14,16-19H2,1-3H3. The van der Waals surface area contributed by atoms with Gasteiger partial charge in [-0.15, -0.1) is 0 Å². The first kappa shape index (κ1) is 22.6. The largest absolute Gasteiger partial charge is 0.486 e. The lowest BCUT2D eigenvalue weighted by molar-refractivity contribution is -0.151.